The number of nitrogens with one attached hydrogen (secondary N) is 1. The fourth-order valence-corrected chi connectivity index (χ4v) is 1.95. The van der Waals surface area contributed by atoms with Crippen molar-refractivity contribution in [2.75, 3.05) is 0 Å². The second kappa shape index (κ2) is 3.73. The van der Waals surface area contributed by atoms with Crippen LogP contribution in [0.2, 0.25) is 0 Å². The van der Waals surface area contributed by atoms with Crippen LogP contribution in [0.5, 0.6) is 0 Å². The van der Waals surface area contributed by atoms with Crippen LogP contribution in [0.3, 0.4) is 0 Å². The number of hydrogen-bond acceptors (Lipinski definition) is 4. The lowest BCUT2D eigenvalue weighted by Crippen LogP contribution is -2.31. The third kappa shape index (κ3) is 1.85. The molecule has 0 aromatic heterocycles. The number of aliphatic carboxylic acids is 1. The maximum Gasteiger partial charge on any atom is 0.307 e. The Kier molecular flexibility index (Phi) is 2.53. The lowest BCUT2D eigenvalue weighted by atomic mass is 9.82. The van der Waals surface area contributed by atoms with Gasteiger partial charge in [-0.2, -0.15) is 0 Å². The van der Waals surface area contributed by atoms with Crippen LogP contribution in [0.4, 0.5) is 0 Å². The quantitative estimate of drug-likeness (QED) is 0.485. The van der Waals surface area contributed by atoms with E-state index in [-0.39, 0.29) is 35.8 Å². The third-order valence-electron chi connectivity index (χ3n) is 3.03. The molecule has 2 saturated carbocycles. The molecule has 5 nitrogen and oxygen atoms in total. The largest absolute Gasteiger partial charge is 0.511 e. The minimum Gasteiger partial charge on any atom is -0.511 e. The molecule has 0 amide bonds. The zero-order valence-electron chi connectivity index (χ0n) is 8.69. The SMILES string of the molecule is N=C1CC(C(=O)O)CC(=O)/C1=C(/O)C1CC1. The van der Waals surface area contributed by atoms with Crippen LogP contribution in [-0.2, 0) is 9.59 Å². The minimum absolute atomic E-state index is 0.00108. The number of carbonyl (C=O) groups is 2. The zero-order valence-corrected chi connectivity index (χ0v) is 8.69. The van der Waals surface area contributed by atoms with Gasteiger partial charge in [0, 0.05) is 24.5 Å². The Bertz CT molecular complexity index is 386. The van der Waals surface area contributed by atoms with E-state index in [2.05, 4.69) is 0 Å². The summed E-state index contributed by atoms with van der Waals surface area (Å²) < 4.78 is 0. The summed E-state index contributed by atoms with van der Waals surface area (Å²) in [5.41, 5.74) is 0.0352. The van der Waals surface area contributed by atoms with Gasteiger partial charge in [0.2, 0.25) is 0 Å². The number of ketones is 1. The van der Waals surface area contributed by atoms with Crippen LogP contribution in [0, 0.1) is 17.2 Å². The minimum atomic E-state index is -1.05. The molecule has 2 aliphatic carbocycles. The normalized spacial score (nSPS) is 29.1. The standard InChI is InChI=1S/C11H13NO4/c12-7-3-6(11(15)16)4-8(13)9(7)10(14)5-1-2-5/h5-6,12,14H,1-4H2,(H,15,16)/b10-9+,12-7?. The molecular formula is C11H13NO4. The van der Waals surface area contributed by atoms with Crippen molar-refractivity contribution in [3.63, 3.8) is 0 Å². The number of aliphatic hydroxyl groups excluding tert-OH is 1. The van der Waals surface area contributed by atoms with Gasteiger partial charge in [0.15, 0.2) is 5.78 Å². The average molecular weight is 223 g/mol. The van der Waals surface area contributed by atoms with Crippen molar-refractivity contribution in [2.24, 2.45) is 11.8 Å². The van der Waals surface area contributed by atoms with Crippen molar-refractivity contribution in [2.45, 2.75) is 25.7 Å². The summed E-state index contributed by atoms with van der Waals surface area (Å²) in [6.45, 7) is 0. The first-order chi connectivity index (χ1) is 7.50. The van der Waals surface area contributed by atoms with Crippen LogP contribution < -0.4 is 0 Å². The van der Waals surface area contributed by atoms with Gasteiger partial charge in [0.25, 0.3) is 0 Å². The first-order valence-electron chi connectivity index (χ1n) is 5.27. The monoisotopic (exact) mass is 223 g/mol. The molecule has 0 aromatic rings. The number of carboxylic acids is 1. The first kappa shape index (κ1) is 10.9. The Morgan fingerprint density at radius 2 is 1.81 bits per heavy atom. The van der Waals surface area contributed by atoms with E-state index in [0.29, 0.717) is 0 Å². The number of rotatable bonds is 2. The van der Waals surface area contributed by atoms with Crippen molar-refractivity contribution in [3.8, 4) is 0 Å². The van der Waals surface area contributed by atoms with Crippen LogP contribution >= 0.6 is 0 Å². The topological polar surface area (TPSA) is 98.5 Å². The zero-order chi connectivity index (χ0) is 11.9. The fourth-order valence-electron chi connectivity index (χ4n) is 1.95. The Hall–Kier alpha value is -1.65. The highest BCUT2D eigenvalue weighted by molar-refractivity contribution is 6.24. The maximum absolute atomic E-state index is 11.7. The number of aliphatic hydroxyl groups is 1. The van der Waals surface area contributed by atoms with Gasteiger partial charge in [0.1, 0.15) is 5.76 Å². The van der Waals surface area contributed by atoms with E-state index in [1.165, 1.54) is 0 Å². The van der Waals surface area contributed by atoms with Crippen LogP contribution in [0.25, 0.3) is 0 Å². The van der Waals surface area contributed by atoms with Gasteiger partial charge in [-0.25, -0.2) is 0 Å². The molecule has 5 heteroatoms. The van der Waals surface area contributed by atoms with Crippen molar-refractivity contribution in [1.29, 1.82) is 5.41 Å². The molecule has 1 unspecified atom stereocenters. The average Bonchev–Trinajstić information content (AvgIpc) is 2.98. The summed E-state index contributed by atoms with van der Waals surface area (Å²) in [5.74, 6) is -2.26. The molecule has 1 atom stereocenters. The van der Waals surface area contributed by atoms with Gasteiger partial charge in [-0.05, 0) is 12.8 Å². The van der Waals surface area contributed by atoms with Gasteiger partial charge in [-0.15, -0.1) is 0 Å². The Balaban J connectivity index is 2.24. The third-order valence-corrected chi connectivity index (χ3v) is 3.03. The van der Waals surface area contributed by atoms with Crippen molar-refractivity contribution >= 4 is 17.5 Å². The molecule has 0 bridgehead atoms. The highest BCUT2D eigenvalue weighted by Crippen LogP contribution is 2.38. The lowest BCUT2D eigenvalue weighted by molar-refractivity contribution is -0.143. The summed E-state index contributed by atoms with van der Waals surface area (Å²) in [5, 5.41) is 26.2. The molecule has 0 spiro atoms. The molecule has 0 radical (unpaired) electrons. The second-order valence-electron chi connectivity index (χ2n) is 4.38. The summed E-state index contributed by atoms with van der Waals surface area (Å²) in [6, 6.07) is 0. The van der Waals surface area contributed by atoms with E-state index in [1.807, 2.05) is 0 Å². The molecule has 0 saturated heterocycles. The van der Waals surface area contributed by atoms with E-state index >= 15 is 0 Å². The summed E-state index contributed by atoms with van der Waals surface area (Å²) in [7, 11) is 0. The highest BCUT2D eigenvalue weighted by atomic mass is 16.4. The van der Waals surface area contributed by atoms with Crippen molar-refractivity contribution in [3.05, 3.63) is 11.3 Å². The molecule has 3 N–H and O–H groups in total. The van der Waals surface area contributed by atoms with Gasteiger partial charge >= 0.3 is 5.97 Å². The van der Waals surface area contributed by atoms with E-state index in [1.54, 1.807) is 0 Å². The van der Waals surface area contributed by atoms with Crippen molar-refractivity contribution < 1.29 is 19.8 Å². The molecule has 0 aromatic carbocycles. The second-order valence-corrected chi connectivity index (χ2v) is 4.38. The molecule has 2 rings (SSSR count). The highest BCUT2D eigenvalue weighted by Gasteiger charge is 2.38. The van der Waals surface area contributed by atoms with E-state index in [0.717, 1.165) is 12.8 Å². The van der Waals surface area contributed by atoms with Gasteiger partial charge in [0.05, 0.1) is 11.5 Å². The van der Waals surface area contributed by atoms with Crippen LogP contribution in [0.15, 0.2) is 11.3 Å². The van der Waals surface area contributed by atoms with Gasteiger partial charge < -0.3 is 15.6 Å². The van der Waals surface area contributed by atoms with E-state index in [9.17, 15) is 14.7 Å². The van der Waals surface area contributed by atoms with Crippen LogP contribution in [-0.4, -0.2) is 27.7 Å². The Labute approximate surface area is 92.3 Å². The number of Topliss-reactive ketones (excluding diaryl/α,β-unsaturated/α-hetero) is 1. The number of hydrogen-bond donors (Lipinski definition) is 3. The predicted molar refractivity (Wildman–Crippen MR) is 55.5 cm³/mol. The molecule has 2 fully saturated rings. The summed E-state index contributed by atoms with van der Waals surface area (Å²) >= 11 is 0. The molecule has 86 valence electrons. The maximum atomic E-state index is 11.7. The lowest BCUT2D eigenvalue weighted by Gasteiger charge is -2.21. The fraction of sp³-hybridized carbons (Fsp3) is 0.545. The first-order valence-corrected chi connectivity index (χ1v) is 5.27. The molecule has 2 aliphatic rings. The Morgan fingerprint density at radius 3 is 2.25 bits per heavy atom. The van der Waals surface area contributed by atoms with Crippen molar-refractivity contribution in [1.82, 2.24) is 0 Å². The van der Waals surface area contributed by atoms with Gasteiger partial charge in [-0.3, -0.25) is 9.59 Å². The van der Waals surface area contributed by atoms with Gasteiger partial charge in [-0.1, -0.05) is 0 Å². The molecular weight excluding hydrogens is 210 g/mol. The Morgan fingerprint density at radius 1 is 1.19 bits per heavy atom. The summed E-state index contributed by atoms with van der Waals surface area (Å²) in [6.07, 6.45) is 1.62. The predicted octanol–water partition coefficient (Wildman–Crippen LogP) is 1.29. The van der Waals surface area contributed by atoms with Crippen LogP contribution in [0.1, 0.15) is 25.7 Å². The molecule has 16 heavy (non-hydrogen) atoms. The molecule has 0 aliphatic heterocycles. The number of allylic oxidation sites excluding steroid dienone is 2. The van der Waals surface area contributed by atoms with E-state index in [4.69, 9.17) is 10.5 Å². The molecule has 0 heterocycles. The smallest absolute Gasteiger partial charge is 0.307 e. The summed E-state index contributed by atoms with van der Waals surface area (Å²) in [4.78, 5) is 22.4. The number of carbonyl (C=O) groups excluding carboxylic acids is 1. The van der Waals surface area contributed by atoms with E-state index < -0.39 is 17.7 Å². The number of carboxylic acid groups (broad SMARTS) is 1.